The lowest BCUT2D eigenvalue weighted by Gasteiger charge is -2.37. The summed E-state index contributed by atoms with van der Waals surface area (Å²) in [4.78, 5) is 18.8. The van der Waals surface area contributed by atoms with Gasteiger partial charge in [0, 0.05) is 11.9 Å². The van der Waals surface area contributed by atoms with Gasteiger partial charge >= 0.3 is 6.18 Å². The van der Waals surface area contributed by atoms with Gasteiger partial charge in [-0.25, -0.2) is 9.37 Å². The van der Waals surface area contributed by atoms with E-state index in [0.29, 0.717) is 28.7 Å². The molecule has 2 aromatic carbocycles. The predicted molar refractivity (Wildman–Crippen MR) is 114 cm³/mol. The number of hydrogen-bond donors (Lipinski definition) is 2. The van der Waals surface area contributed by atoms with Gasteiger partial charge in [0.05, 0.1) is 34.5 Å². The van der Waals surface area contributed by atoms with Gasteiger partial charge in [0.15, 0.2) is 11.6 Å². The topological polar surface area (TPSA) is 74.7 Å². The van der Waals surface area contributed by atoms with Gasteiger partial charge in [-0.2, -0.15) is 13.2 Å². The van der Waals surface area contributed by atoms with Crippen LogP contribution in [-0.2, 0) is 6.18 Å². The number of carbonyl (C=O) groups is 1. The number of nitrogens with one attached hydrogen (secondary N) is 1. The van der Waals surface area contributed by atoms with Gasteiger partial charge in [0.2, 0.25) is 0 Å². The summed E-state index contributed by atoms with van der Waals surface area (Å²) in [5.41, 5.74) is -1.31. The van der Waals surface area contributed by atoms with E-state index in [1.165, 1.54) is 12.3 Å². The number of amides is 1. The average Bonchev–Trinajstić information content (AvgIpc) is 2.78. The molecule has 0 saturated carbocycles. The number of para-hydroxylation sites is 1. The van der Waals surface area contributed by atoms with E-state index >= 15 is 0 Å². The van der Waals surface area contributed by atoms with Crippen molar-refractivity contribution in [3.8, 4) is 5.75 Å². The Morgan fingerprint density at radius 3 is 2.73 bits per heavy atom. The number of benzene rings is 2. The normalized spacial score (nSPS) is 15.6. The summed E-state index contributed by atoms with van der Waals surface area (Å²) in [6.45, 7) is -0.298. The van der Waals surface area contributed by atoms with Gasteiger partial charge in [-0.05, 0) is 42.5 Å². The lowest BCUT2D eigenvalue weighted by atomic mass is 10.1. The van der Waals surface area contributed by atoms with Crippen LogP contribution in [0.4, 0.5) is 34.8 Å². The van der Waals surface area contributed by atoms with Crippen molar-refractivity contribution in [1.82, 2.24) is 4.98 Å². The van der Waals surface area contributed by atoms with Crippen molar-refractivity contribution >= 4 is 34.7 Å². The molecule has 2 heterocycles. The number of aliphatic hydroxyl groups is 1. The second-order valence-corrected chi connectivity index (χ2v) is 7.53. The molecule has 1 atom stereocenters. The number of aliphatic hydroxyl groups excluding tert-OH is 1. The predicted octanol–water partition coefficient (Wildman–Crippen LogP) is 5.04. The van der Waals surface area contributed by atoms with E-state index in [9.17, 15) is 27.5 Å². The van der Waals surface area contributed by atoms with Crippen molar-refractivity contribution in [2.24, 2.45) is 0 Å². The number of pyridine rings is 1. The summed E-state index contributed by atoms with van der Waals surface area (Å²) in [5.74, 6) is -1.73. The summed E-state index contributed by atoms with van der Waals surface area (Å²) in [6, 6.07) is 9.51. The Kier molecular flexibility index (Phi) is 6.13. The molecule has 0 aliphatic carbocycles. The van der Waals surface area contributed by atoms with Crippen LogP contribution in [-0.4, -0.2) is 35.3 Å². The molecule has 0 bridgehead atoms. The van der Waals surface area contributed by atoms with Gasteiger partial charge in [0.1, 0.15) is 12.4 Å². The maximum Gasteiger partial charge on any atom is 0.419 e. The lowest BCUT2D eigenvalue weighted by molar-refractivity contribution is -0.139. The van der Waals surface area contributed by atoms with Crippen molar-refractivity contribution in [1.29, 1.82) is 0 Å². The zero-order valence-corrected chi connectivity index (χ0v) is 17.5. The highest BCUT2D eigenvalue weighted by molar-refractivity contribution is 6.33. The number of halogens is 5. The fraction of sp³-hybridized carbons (Fsp3) is 0.182. The van der Waals surface area contributed by atoms with Crippen LogP contribution in [0.25, 0.3) is 0 Å². The van der Waals surface area contributed by atoms with E-state index in [4.69, 9.17) is 16.3 Å². The van der Waals surface area contributed by atoms with Crippen LogP contribution in [0, 0.1) is 5.82 Å². The van der Waals surface area contributed by atoms with Crippen LogP contribution in [0.3, 0.4) is 0 Å². The molecule has 0 unspecified atom stereocenters. The maximum absolute atomic E-state index is 13.6. The molecule has 0 fully saturated rings. The van der Waals surface area contributed by atoms with Gasteiger partial charge in [0.25, 0.3) is 5.91 Å². The summed E-state index contributed by atoms with van der Waals surface area (Å²) in [7, 11) is 0. The number of aromatic nitrogens is 1. The molecule has 6 nitrogen and oxygen atoms in total. The van der Waals surface area contributed by atoms with E-state index in [1.54, 1.807) is 29.2 Å². The number of hydrogen-bond acceptors (Lipinski definition) is 5. The Labute approximate surface area is 190 Å². The molecule has 1 amide bonds. The first-order valence-electron chi connectivity index (χ1n) is 9.65. The number of anilines is 3. The summed E-state index contributed by atoms with van der Waals surface area (Å²) in [6.07, 6.45) is -3.39. The van der Waals surface area contributed by atoms with E-state index in [1.807, 2.05) is 0 Å². The lowest BCUT2D eigenvalue weighted by Crippen LogP contribution is -2.43. The minimum absolute atomic E-state index is 0.00450. The third-order valence-corrected chi connectivity index (χ3v) is 5.29. The molecule has 3 aromatic rings. The molecule has 11 heteroatoms. The third-order valence-electron chi connectivity index (χ3n) is 4.99. The van der Waals surface area contributed by atoms with Crippen molar-refractivity contribution in [2.45, 2.75) is 12.2 Å². The van der Waals surface area contributed by atoms with Crippen LogP contribution < -0.4 is 15.0 Å². The molecule has 172 valence electrons. The highest BCUT2D eigenvalue weighted by Crippen LogP contribution is 2.42. The second-order valence-electron chi connectivity index (χ2n) is 7.13. The SMILES string of the molecule is O=C(Nc1ccc(F)c(C(F)(F)F)c1)c1cccc2c1OC[C@H](CO)N2c1ncccc1Cl. The number of alkyl halides is 3. The molecular weight excluding hydrogens is 466 g/mol. The zero-order valence-electron chi connectivity index (χ0n) is 16.7. The molecule has 33 heavy (non-hydrogen) atoms. The van der Waals surface area contributed by atoms with Gasteiger partial charge in [-0.15, -0.1) is 0 Å². The molecule has 0 saturated heterocycles. The fourth-order valence-electron chi connectivity index (χ4n) is 3.49. The van der Waals surface area contributed by atoms with Crippen LogP contribution in [0.5, 0.6) is 5.75 Å². The molecular formula is C22H16ClF4N3O3. The van der Waals surface area contributed by atoms with E-state index < -0.39 is 29.5 Å². The summed E-state index contributed by atoms with van der Waals surface area (Å²) >= 11 is 6.29. The van der Waals surface area contributed by atoms with Crippen molar-refractivity contribution in [3.05, 3.63) is 76.7 Å². The first-order chi connectivity index (χ1) is 15.7. The Morgan fingerprint density at radius 2 is 2.03 bits per heavy atom. The molecule has 2 N–H and O–H groups in total. The Balaban J connectivity index is 1.71. The quantitative estimate of drug-likeness (QED) is 0.511. The largest absolute Gasteiger partial charge is 0.488 e. The van der Waals surface area contributed by atoms with E-state index in [2.05, 4.69) is 10.3 Å². The minimum atomic E-state index is -4.92. The average molecular weight is 482 g/mol. The van der Waals surface area contributed by atoms with Gasteiger partial charge in [-0.3, -0.25) is 4.79 Å². The highest BCUT2D eigenvalue weighted by atomic mass is 35.5. The van der Waals surface area contributed by atoms with Crippen molar-refractivity contribution in [2.75, 3.05) is 23.4 Å². The van der Waals surface area contributed by atoms with Crippen molar-refractivity contribution < 1.29 is 32.2 Å². The van der Waals surface area contributed by atoms with Gasteiger partial charge in [-0.1, -0.05) is 17.7 Å². The smallest absolute Gasteiger partial charge is 0.419 e. The Hall–Kier alpha value is -3.37. The van der Waals surface area contributed by atoms with Crippen LogP contribution in [0.1, 0.15) is 15.9 Å². The van der Waals surface area contributed by atoms with Crippen LogP contribution >= 0.6 is 11.6 Å². The molecule has 4 rings (SSSR count). The summed E-state index contributed by atoms with van der Waals surface area (Å²) < 4.78 is 58.3. The number of fused-ring (bicyclic) bond motifs is 1. The molecule has 1 aliphatic rings. The molecule has 1 aromatic heterocycles. The number of carbonyl (C=O) groups excluding carboxylic acids is 1. The number of ether oxygens (including phenoxy) is 1. The summed E-state index contributed by atoms with van der Waals surface area (Å²) in [5, 5.41) is 12.5. The maximum atomic E-state index is 13.6. The number of nitrogens with zero attached hydrogens (tertiary/aromatic N) is 2. The van der Waals surface area contributed by atoms with E-state index in [-0.39, 0.29) is 30.2 Å². The van der Waals surface area contributed by atoms with Gasteiger partial charge < -0.3 is 20.1 Å². The third kappa shape index (κ3) is 4.44. The van der Waals surface area contributed by atoms with E-state index in [0.717, 1.165) is 6.07 Å². The monoisotopic (exact) mass is 481 g/mol. The molecule has 0 radical (unpaired) electrons. The zero-order chi connectivity index (χ0) is 23.8. The fourth-order valence-corrected chi connectivity index (χ4v) is 3.70. The highest BCUT2D eigenvalue weighted by Gasteiger charge is 2.35. The first-order valence-corrected chi connectivity index (χ1v) is 10.0. The number of rotatable bonds is 4. The Bertz CT molecular complexity index is 1210. The van der Waals surface area contributed by atoms with Crippen LogP contribution in [0.15, 0.2) is 54.7 Å². The molecule has 0 spiro atoms. The first kappa shape index (κ1) is 22.8. The van der Waals surface area contributed by atoms with Crippen LogP contribution in [0.2, 0.25) is 5.02 Å². The second kappa shape index (κ2) is 8.87. The molecule has 1 aliphatic heterocycles. The minimum Gasteiger partial charge on any atom is -0.488 e. The standard InChI is InChI=1S/C22H16ClF4N3O3/c23-16-4-2-8-28-20(16)30-13(10-31)11-33-19-14(3-1-5-18(19)30)21(32)29-12-6-7-17(24)15(9-12)22(25,26)27/h1-9,13,31H,10-11H2,(H,29,32)/t13-/m0/s1. The Morgan fingerprint density at radius 1 is 1.24 bits per heavy atom. The van der Waals surface area contributed by atoms with Crippen molar-refractivity contribution in [3.63, 3.8) is 0 Å².